The van der Waals surface area contributed by atoms with Gasteiger partial charge in [-0.2, -0.15) is 0 Å². The van der Waals surface area contributed by atoms with Crippen molar-refractivity contribution in [2.75, 3.05) is 9.80 Å². The summed E-state index contributed by atoms with van der Waals surface area (Å²) in [6, 6.07) is 77.5. The van der Waals surface area contributed by atoms with Crippen molar-refractivity contribution in [2.45, 2.75) is 13.5 Å². The van der Waals surface area contributed by atoms with Gasteiger partial charge in [0, 0.05) is 43.9 Å². The van der Waals surface area contributed by atoms with E-state index in [0.717, 1.165) is 39.7 Å². The van der Waals surface area contributed by atoms with Gasteiger partial charge in [0.15, 0.2) is 0 Å². The molecule has 0 bridgehead atoms. The zero-order chi connectivity index (χ0) is 39.3. The molecule has 1 aromatic heterocycles. The fraction of sp³-hybridized carbons (Fsp3) is 0.0370. The molecule has 0 atom stereocenters. The molecule has 1 heterocycles. The van der Waals surface area contributed by atoms with E-state index in [2.05, 4.69) is 217 Å². The highest BCUT2D eigenvalue weighted by atomic mass is 32.1. The molecule has 0 amide bonds. The molecule has 0 aliphatic heterocycles. The molecule has 9 rings (SSSR count). The van der Waals surface area contributed by atoms with Gasteiger partial charge >= 0.3 is 0 Å². The first-order valence-electron chi connectivity index (χ1n) is 19.6. The summed E-state index contributed by atoms with van der Waals surface area (Å²) in [7, 11) is 0. The summed E-state index contributed by atoms with van der Waals surface area (Å²) in [6.07, 6.45) is 0. The van der Waals surface area contributed by atoms with Gasteiger partial charge < -0.3 is 14.9 Å². The second-order valence-electron chi connectivity index (χ2n) is 14.4. The standard InChI is InChI=1S/C54H42N2OS/c1-39-12-24-47(25-13-39)55(49-28-16-43(17-29-49)41-8-4-2-5-9-41)51-32-20-45(21-33-51)53-36-37-54(58-53)46-22-34-52(35-23-46)56(48-26-14-40(38-57)15-27-48)50-30-18-44(19-31-50)42-10-6-3-7-11-42/h2-37,57H,38H2,1H3. The quantitative estimate of drug-likeness (QED) is 0.142. The molecule has 0 aliphatic rings. The SMILES string of the molecule is Cc1ccc(N(c2ccc(-c3ccccc3)cc2)c2ccc(-c3ccc(-c4ccc(N(c5ccc(CO)cc5)c5ccc(-c6ccccc6)cc5)cc4)s3)cc2)cc1. The predicted octanol–water partition coefficient (Wildman–Crippen LogP) is 15.2. The van der Waals surface area contributed by atoms with Gasteiger partial charge in [-0.25, -0.2) is 0 Å². The highest BCUT2D eigenvalue weighted by Crippen LogP contribution is 2.41. The summed E-state index contributed by atoms with van der Waals surface area (Å²) >= 11 is 1.81. The van der Waals surface area contributed by atoms with Crippen LogP contribution in [0.2, 0.25) is 0 Å². The highest BCUT2D eigenvalue weighted by molar-refractivity contribution is 7.18. The van der Waals surface area contributed by atoms with E-state index < -0.39 is 0 Å². The van der Waals surface area contributed by atoms with Crippen molar-refractivity contribution in [3.8, 4) is 43.1 Å². The zero-order valence-corrected chi connectivity index (χ0v) is 33.1. The Bertz CT molecular complexity index is 2710. The maximum Gasteiger partial charge on any atom is 0.0681 e. The first-order chi connectivity index (χ1) is 28.6. The minimum Gasteiger partial charge on any atom is -0.392 e. The average molecular weight is 767 g/mol. The zero-order valence-electron chi connectivity index (χ0n) is 32.2. The van der Waals surface area contributed by atoms with E-state index in [1.165, 1.54) is 48.7 Å². The first kappa shape index (κ1) is 36.6. The maximum atomic E-state index is 9.70. The van der Waals surface area contributed by atoms with Crippen molar-refractivity contribution in [1.82, 2.24) is 0 Å². The lowest BCUT2D eigenvalue weighted by Crippen LogP contribution is -2.09. The largest absolute Gasteiger partial charge is 0.392 e. The third kappa shape index (κ3) is 7.85. The fourth-order valence-corrected chi connectivity index (χ4v) is 8.42. The van der Waals surface area contributed by atoms with Crippen LogP contribution >= 0.6 is 11.3 Å². The number of nitrogens with zero attached hydrogens (tertiary/aromatic N) is 2. The molecule has 3 nitrogen and oxygen atoms in total. The number of aliphatic hydroxyl groups excluding tert-OH is 1. The number of aryl methyl sites for hydroxylation is 1. The number of hydrogen-bond acceptors (Lipinski definition) is 4. The van der Waals surface area contributed by atoms with E-state index in [1.54, 1.807) is 11.3 Å². The third-order valence-corrected chi connectivity index (χ3v) is 11.7. The lowest BCUT2D eigenvalue weighted by molar-refractivity contribution is 0.282. The second kappa shape index (κ2) is 16.6. The van der Waals surface area contributed by atoms with Crippen molar-refractivity contribution < 1.29 is 5.11 Å². The molecule has 4 heteroatoms. The Morgan fingerprint density at radius 3 is 0.966 bits per heavy atom. The molecule has 0 saturated heterocycles. The van der Waals surface area contributed by atoms with E-state index in [9.17, 15) is 5.11 Å². The topological polar surface area (TPSA) is 26.7 Å². The number of rotatable bonds is 11. The van der Waals surface area contributed by atoms with Crippen molar-refractivity contribution >= 4 is 45.5 Å². The summed E-state index contributed by atoms with van der Waals surface area (Å²) in [6.45, 7) is 2.14. The number of anilines is 6. The van der Waals surface area contributed by atoms with Crippen LogP contribution in [0.3, 0.4) is 0 Å². The molecule has 1 N–H and O–H groups in total. The Morgan fingerprint density at radius 1 is 0.328 bits per heavy atom. The third-order valence-electron chi connectivity index (χ3n) is 10.6. The van der Waals surface area contributed by atoms with Crippen LogP contribution in [0.15, 0.2) is 218 Å². The van der Waals surface area contributed by atoms with Gasteiger partial charge in [-0.1, -0.05) is 139 Å². The van der Waals surface area contributed by atoms with Gasteiger partial charge in [-0.3, -0.25) is 0 Å². The summed E-state index contributed by atoms with van der Waals surface area (Å²) in [5, 5.41) is 9.70. The lowest BCUT2D eigenvalue weighted by atomic mass is 10.0. The number of hydrogen-bond donors (Lipinski definition) is 1. The van der Waals surface area contributed by atoms with E-state index >= 15 is 0 Å². The second-order valence-corrected chi connectivity index (χ2v) is 15.5. The van der Waals surface area contributed by atoms with E-state index in [0.29, 0.717) is 0 Å². The molecular weight excluding hydrogens is 725 g/mol. The smallest absolute Gasteiger partial charge is 0.0681 e. The van der Waals surface area contributed by atoms with E-state index in [4.69, 9.17) is 0 Å². The van der Waals surface area contributed by atoms with Gasteiger partial charge in [-0.05, 0) is 131 Å². The lowest BCUT2D eigenvalue weighted by Gasteiger charge is -2.26. The van der Waals surface area contributed by atoms with Crippen LogP contribution < -0.4 is 9.80 Å². The molecule has 0 spiro atoms. The van der Waals surface area contributed by atoms with Crippen LogP contribution in [0.25, 0.3) is 43.1 Å². The summed E-state index contributed by atoms with van der Waals surface area (Å²) in [5.41, 5.74) is 15.8. The van der Waals surface area contributed by atoms with Crippen LogP contribution in [0.1, 0.15) is 11.1 Å². The van der Waals surface area contributed by atoms with Crippen molar-refractivity contribution in [1.29, 1.82) is 0 Å². The molecule has 0 aliphatic carbocycles. The number of aliphatic hydroxyl groups is 1. The van der Waals surface area contributed by atoms with Crippen molar-refractivity contribution in [3.05, 3.63) is 230 Å². The van der Waals surface area contributed by atoms with Gasteiger partial charge in [0.25, 0.3) is 0 Å². The predicted molar refractivity (Wildman–Crippen MR) is 246 cm³/mol. The van der Waals surface area contributed by atoms with E-state index in [1.807, 2.05) is 18.2 Å². The summed E-state index contributed by atoms with van der Waals surface area (Å²) in [4.78, 5) is 7.03. The molecule has 280 valence electrons. The van der Waals surface area contributed by atoms with Crippen LogP contribution in [-0.2, 0) is 6.61 Å². The summed E-state index contributed by atoms with van der Waals surface area (Å²) < 4.78 is 0. The number of thiophene rings is 1. The molecule has 0 unspecified atom stereocenters. The fourth-order valence-electron chi connectivity index (χ4n) is 7.40. The Balaban J connectivity index is 0.972. The van der Waals surface area contributed by atoms with Gasteiger partial charge in [0.1, 0.15) is 0 Å². The minimum absolute atomic E-state index is 0.0174. The normalized spacial score (nSPS) is 11.0. The maximum absolute atomic E-state index is 9.70. The molecular formula is C54H42N2OS. The molecule has 9 aromatic rings. The molecule has 0 radical (unpaired) electrons. The van der Waals surface area contributed by atoms with Gasteiger partial charge in [0.2, 0.25) is 0 Å². The van der Waals surface area contributed by atoms with Gasteiger partial charge in [0.05, 0.1) is 6.61 Å². The van der Waals surface area contributed by atoms with Crippen molar-refractivity contribution in [2.24, 2.45) is 0 Å². The van der Waals surface area contributed by atoms with E-state index in [-0.39, 0.29) is 6.61 Å². The summed E-state index contributed by atoms with van der Waals surface area (Å²) in [5.74, 6) is 0. The minimum atomic E-state index is 0.0174. The molecule has 0 saturated carbocycles. The first-order valence-corrected chi connectivity index (χ1v) is 20.4. The Kier molecular flexibility index (Phi) is 10.5. The van der Waals surface area contributed by atoms with Crippen LogP contribution in [-0.4, -0.2) is 5.11 Å². The number of benzene rings is 8. The van der Waals surface area contributed by atoms with Crippen LogP contribution in [0.4, 0.5) is 34.1 Å². The Hall–Kier alpha value is -6.98. The van der Waals surface area contributed by atoms with Crippen LogP contribution in [0.5, 0.6) is 0 Å². The van der Waals surface area contributed by atoms with Crippen molar-refractivity contribution in [3.63, 3.8) is 0 Å². The highest BCUT2D eigenvalue weighted by Gasteiger charge is 2.16. The Morgan fingerprint density at radius 2 is 0.621 bits per heavy atom. The molecule has 0 fully saturated rings. The monoisotopic (exact) mass is 766 g/mol. The van der Waals surface area contributed by atoms with Gasteiger partial charge in [-0.15, -0.1) is 11.3 Å². The molecule has 58 heavy (non-hydrogen) atoms. The Labute approximate surface area is 345 Å². The molecule has 8 aromatic carbocycles. The average Bonchev–Trinajstić information content (AvgIpc) is 3.80. The van der Waals surface area contributed by atoms with Crippen LogP contribution in [0, 0.1) is 6.92 Å².